The highest BCUT2D eigenvalue weighted by Gasteiger charge is 2.34. The minimum atomic E-state index is -3.91. The number of hydrogen-bond donors (Lipinski definition) is 1. The van der Waals surface area contributed by atoms with E-state index in [-0.39, 0.29) is 9.79 Å². The standard InChI is InChI=1S/C29H37N3O6S/c1-36-21-7-9-22(10-8-21)39(34,35)27-19-30-24-18-26(38-3)25(37-2)17-23(24)28(27)32-14-6-13-31(15-16-32)20-29(33)11-4-5-12-29/h7-10,17-19,33H,4-6,11-16,20H2,1-3H3. The minimum absolute atomic E-state index is 0.148. The Balaban J connectivity index is 1.58. The third-order valence-electron chi connectivity index (χ3n) is 7.93. The Morgan fingerprint density at radius 1 is 0.897 bits per heavy atom. The molecule has 2 heterocycles. The van der Waals surface area contributed by atoms with Gasteiger partial charge in [0.1, 0.15) is 10.6 Å². The molecule has 1 saturated heterocycles. The molecule has 2 aromatic carbocycles. The van der Waals surface area contributed by atoms with Crippen molar-refractivity contribution in [2.45, 2.75) is 47.5 Å². The van der Waals surface area contributed by atoms with Crippen LogP contribution in [0.2, 0.25) is 0 Å². The van der Waals surface area contributed by atoms with Crippen molar-refractivity contribution in [3.63, 3.8) is 0 Å². The SMILES string of the molecule is COc1ccc(S(=O)(=O)c2cnc3cc(OC)c(OC)cc3c2N2CCCN(CC3(O)CCCC3)CC2)cc1. The van der Waals surface area contributed by atoms with Gasteiger partial charge >= 0.3 is 0 Å². The number of ether oxygens (including phenoxy) is 3. The second-order valence-corrected chi connectivity index (χ2v) is 12.3. The van der Waals surface area contributed by atoms with Crippen LogP contribution in [0.15, 0.2) is 52.4 Å². The number of nitrogens with zero attached hydrogens (tertiary/aromatic N) is 3. The van der Waals surface area contributed by atoms with Gasteiger partial charge in [0.05, 0.1) is 43.0 Å². The molecule has 2 aliphatic rings. The maximum absolute atomic E-state index is 14.0. The van der Waals surface area contributed by atoms with Crippen molar-refractivity contribution in [1.29, 1.82) is 0 Å². The molecule has 0 radical (unpaired) electrons. The Bertz CT molecular complexity index is 1420. The van der Waals surface area contributed by atoms with Crippen LogP contribution in [0.25, 0.3) is 10.9 Å². The van der Waals surface area contributed by atoms with Crippen LogP contribution in [0.4, 0.5) is 5.69 Å². The third-order valence-corrected chi connectivity index (χ3v) is 9.70. The van der Waals surface area contributed by atoms with Gasteiger partial charge in [0.2, 0.25) is 9.84 Å². The van der Waals surface area contributed by atoms with Crippen molar-refractivity contribution in [2.75, 3.05) is 59.0 Å². The normalized spacial score (nSPS) is 18.2. The number of benzene rings is 2. The van der Waals surface area contributed by atoms with E-state index in [4.69, 9.17) is 14.2 Å². The molecule has 1 aromatic heterocycles. The molecule has 210 valence electrons. The number of sulfone groups is 1. The maximum atomic E-state index is 14.0. The first-order chi connectivity index (χ1) is 18.8. The van der Waals surface area contributed by atoms with E-state index in [1.807, 2.05) is 6.07 Å². The van der Waals surface area contributed by atoms with Gasteiger partial charge in [0.25, 0.3) is 0 Å². The molecular weight excluding hydrogens is 518 g/mol. The highest BCUT2D eigenvalue weighted by molar-refractivity contribution is 7.91. The molecule has 10 heteroatoms. The van der Waals surface area contributed by atoms with E-state index < -0.39 is 15.4 Å². The summed E-state index contributed by atoms with van der Waals surface area (Å²) in [4.78, 5) is 9.33. The van der Waals surface area contributed by atoms with Crippen molar-refractivity contribution in [3.8, 4) is 17.2 Å². The fraction of sp³-hybridized carbons (Fsp3) is 0.483. The van der Waals surface area contributed by atoms with Crippen molar-refractivity contribution in [3.05, 3.63) is 42.6 Å². The molecule has 0 unspecified atom stereocenters. The third kappa shape index (κ3) is 5.50. The summed E-state index contributed by atoms with van der Waals surface area (Å²) >= 11 is 0. The lowest BCUT2D eigenvalue weighted by atomic mass is 10.0. The maximum Gasteiger partial charge on any atom is 0.210 e. The number of hydrogen-bond acceptors (Lipinski definition) is 9. The summed E-state index contributed by atoms with van der Waals surface area (Å²) in [7, 11) is 0.762. The molecule has 9 nitrogen and oxygen atoms in total. The summed E-state index contributed by atoms with van der Waals surface area (Å²) in [5.74, 6) is 1.62. The predicted molar refractivity (Wildman–Crippen MR) is 150 cm³/mol. The highest BCUT2D eigenvalue weighted by atomic mass is 32.2. The minimum Gasteiger partial charge on any atom is -0.497 e. The molecule has 0 atom stereocenters. The largest absolute Gasteiger partial charge is 0.497 e. The van der Waals surface area contributed by atoms with Gasteiger partial charge < -0.3 is 24.2 Å². The number of aliphatic hydroxyl groups is 1. The smallest absolute Gasteiger partial charge is 0.210 e. The fourth-order valence-corrected chi connectivity index (χ4v) is 7.28. The lowest BCUT2D eigenvalue weighted by molar-refractivity contribution is 0.0112. The van der Waals surface area contributed by atoms with Gasteiger partial charge in [0, 0.05) is 50.4 Å². The Morgan fingerprint density at radius 3 is 2.26 bits per heavy atom. The first kappa shape index (κ1) is 27.5. The van der Waals surface area contributed by atoms with Crippen molar-refractivity contribution < 1.29 is 27.7 Å². The van der Waals surface area contributed by atoms with Crippen molar-refractivity contribution in [2.24, 2.45) is 0 Å². The molecule has 1 saturated carbocycles. The van der Waals surface area contributed by atoms with Crippen molar-refractivity contribution >= 4 is 26.4 Å². The van der Waals surface area contributed by atoms with Crippen LogP contribution in [-0.4, -0.2) is 83.1 Å². The summed E-state index contributed by atoms with van der Waals surface area (Å²) < 4.78 is 44.4. The van der Waals surface area contributed by atoms with Gasteiger partial charge in [-0.15, -0.1) is 0 Å². The van der Waals surface area contributed by atoms with E-state index in [9.17, 15) is 13.5 Å². The predicted octanol–water partition coefficient (Wildman–Crippen LogP) is 3.91. The zero-order valence-corrected chi connectivity index (χ0v) is 23.7. The highest BCUT2D eigenvalue weighted by Crippen LogP contribution is 2.41. The van der Waals surface area contributed by atoms with Crippen LogP contribution in [0.5, 0.6) is 17.2 Å². The topological polar surface area (TPSA) is 101 Å². The van der Waals surface area contributed by atoms with E-state index in [0.29, 0.717) is 53.5 Å². The van der Waals surface area contributed by atoms with Crippen LogP contribution in [-0.2, 0) is 9.84 Å². The molecule has 5 rings (SSSR count). The van der Waals surface area contributed by atoms with Crippen LogP contribution < -0.4 is 19.1 Å². The van der Waals surface area contributed by atoms with Gasteiger partial charge in [-0.3, -0.25) is 9.88 Å². The lowest BCUT2D eigenvalue weighted by Gasteiger charge is -2.31. The van der Waals surface area contributed by atoms with Gasteiger partial charge in [-0.2, -0.15) is 0 Å². The molecule has 1 aliphatic heterocycles. The number of aromatic nitrogens is 1. The molecule has 1 aliphatic carbocycles. The second kappa shape index (κ2) is 11.2. The van der Waals surface area contributed by atoms with E-state index in [1.165, 1.54) is 6.20 Å². The Morgan fingerprint density at radius 2 is 1.59 bits per heavy atom. The Hall–Kier alpha value is -3.08. The fourth-order valence-electron chi connectivity index (χ4n) is 5.85. The van der Waals surface area contributed by atoms with Crippen LogP contribution in [0.3, 0.4) is 0 Å². The van der Waals surface area contributed by atoms with Gasteiger partial charge in [-0.25, -0.2) is 8.42 Å². The molecule has 1 N–H and O–H groups in total. The van der Waals surface area contributed by atoms with Gasteiger partial charge in [-0.05, 0) is 49.6 Å². The molecule has 3 aromatic rings. The number of methoxy groups -OCH3 is 3. The van der Waals surface area contributed by atoms with Crippen LogP contribution in [0, 0.1) is 0 Å². The molecule has 0 amide bonds. The number of fused-ring (bicyclic) bond motifs is 1. The summed E-state index contributed by atoms with van der Waals surface area (Å²) in [5.41, 5.74) is 0.613. The van der Waals surface area contributed by atoms with Gasteiger partial charge in [-0.1, -0.05) is 12.8 Å². The first-order valence-electron chi connectivity index (χ1n) is 13.4. The molecule has 0 spiro atoms. The number of rotatable bonds is 8. The molecular formula is C29H37N3O6S. The number of anilines is 1. The molecule has 2 fully saturated rings. The number of β-amino-alcohol motifs (C(OH)–C–C–N with tert-alkyl or cyclic N) is 1. The second-order valence-electron chi connectivity index (χ2n) is 10.4. The van der Waals surface area contributed by atoms with Crippen LogP contribution >= 0.6 is 0 Å². The van der Waals surface area contributed by atoms with Crippen LogP contribution in [0.1, 0.15) is 32.1 Å². The Kier molecular flexibility index (Phi) is 7.89. The summed E-state index contributed by atoms with van der Waals surface area (Å²) in [5, 5.41) is 11.7. The average Bonchev–Trinajstić information content (AvgIpc) is 3.25. The monoisotopic (exact) mass is 555 g/mol. The summed E-state index contributed by atoms with van der Waals surface area (Å²) in [6, 6.07) is 10.0. The lowest BCUT2D eigenvalue weighted by Crippen LogP contribution is -2.42. The van der Waals surface area contributed by atoms with E-state index >= 15 is 0 Å². The van der Waals surface area contributed by atoms with E-state index in [1.54, 1.807) is 51.7 Å². The first-order valence-corrected chi connectivity index (χ1v) is 14.9. The van der Waals surface area contributed by atoms with Crippen molar-refractivity contribution in [1.82, 2.24) is 9.88 Å². The zero-order chi connectivity index (χ0) is 27.6. The average molecular weight is 556 g/mol. The molecule has 0 bridgehead atoms. The van der Waals surface area contributed by atoms with Gasteiger partial charge in [0.15, 0.2) is 11.5 Å². The Labute approximate surface area is 230 Å². The van der Waals surface area contributed by atoms with E-state index in [2.05, 4.69) is 14.8 Å². The number of pyridine rings is 1. The molecule has 39 heavy (non-hydrogen) atoms. The van der Waals surface area contributed by atoms with E-state index in [0.717, 1.165) is 45.2 Å². The summed E-state index contributed by atoms with van der Waals surface area (Å²) in [6.07, 6.45) is 6.11. The zero-order valence-electron chi connectivity index (χ0n) is 22.9. The quantitative estimate of drug-likeness (QED) is 0.443. The summed E-state index contributed by atoms with van der Waals surface area (Å²) in [6.45, 7) is 3.52.